The molecule has 0 aliphatic rings. The van der Waals surface area contributed by atoms with Crippen molar-refractivity contribution in [2.45, 2.75) is 38.4 Å². The molecule has 0 aliphatic heterocycles. The summed E-state index contributed by atoms with van der Waals surface area (Å²) in [4.78, 5) is 5.21. The van der Waals surface area contributed by atoms with E-state index in [-0.39, 0.29) is 0 Å². The number of hydrogen-bond acceptors (Lipinski definition) is 1. The first-order valence-corrected chi connectivity index (χ1v) is 7.34. The number of nitrogens with zero attached hydrogens (tertiary/aromatic N) is 1. The van der Waals surface area contributed by atoms with Crippen molar-refractivity contribution in [2.24, 2.45) is 5.41 Å². The molecule has 0 amide bonds. The van der Waals surface area contributed by atoms with Gasteiger partial charge < -0.3 is 0 Å². The third kappa shape index (κ3) is 3.81. The van der Waals surface area contributed by atoms with Crippen molar-refractivity contribution in [2.75, 3.05) is 0 Å². The summed E-state index contributed by atoms with van der Waals surface area (Å²) in [6, 6.07) is 12.6. The van der Waals surface area contributed by atoms with Crippen LogP contribution in [0.1, 0.15) is 32.9 Å². The van der Waals surface area contributed by atoms with Gasteiger partial charge in [0, 0.05) is 22.3 Å². The van der Waals surface area contributed by atoms with E-state index in [1.807, 2.05) is 6.07 Å². The maximum Gasteiger partial charge on any atom is 0.0705 e. The van der Waals surface area contributed by atoms with Gasteiger partial charge in [-0.1, -0.05) is 61.0 Å². The summed E-state index contributed by atoms with van der Waals surface area (Å²) in [7, 11) is 0. The number of hydrogen-bond donors (Lipinski definition) is 0. The maximum absolute atomic E-state index is 4.72. The zero-order valence-electron chi connectivity index (χ0n) is 11.3. The van der Waals surface area contributed by atoms with Gasteiger partial charge in [-0.05, 0) is 24.0 Å². The highest BCUT2D eigenvalue weighted by molar-refractivity contribution is 9.09. The van der Waals surface area contributed by atoms with E-state index in [4.69, 9.17) is 4.98 Å². The van der Waals surface area contributed by atoms with Gasteiger partial charge in [0.25, 0.3) is 0 Å². The fourth-order valence-corrected chi connectivity index (χ4v) is 3.49. The second-order valence-electron chi connectivity index (χ2n) is 6.06. The highest BCUT2D eigenvalue weighted by Crippen LogP contribution is 2.26. The molecule has 2 heteroatoms. The van der Waals surface area contributed by atoms with Crippen molar-refractivity contribution in [3.8, 4) is 0 Å². The normalized spacial score (nSPS) is 13.8. The van der Waals surface area contributed by atoms with Gasteiger partial charge in [-0.15, -0.1) is 0 Å². The lowest BCUT2D eigenvalue weighted by atomic mass is 9.89. The molecule has 0 spiro atoms. The number of pyridine rings is 1. The Bertz CT molecular complexity index is 528. The van der Waals surface area contributed by atoms with Crippen LogP contribution in [-0.2, 0) is 6.42 Å². The van der Waals surface area contributed by atoms with Crippen LogP contribution in [0.5, 0.6) is 0 Å². The fraction of sp³-hybridized carbons (Fsp3) is 0.438. The molecule has 0 N–H and O–H groups in total. The Hall–Kier alpha value is -0.890. The largest absolute Gasteiger partial charge is 0.253 e. The molecule has 96 valence electrons. The molecule has 1 aromatic heterocycles. The quantitative estimate of drug-likeness (QED) is 0.729. The molecule has 1 heterocycles. The van der Waals surface area contributed by atoms with E-state index in [1.54, 1.807) is 0 Å². The average Bonchev–Trinajstić information content (AvgIpc) is 2.26. The van der Waals surface area contributed by atoms with Crippen LogP contribution < -0.4 is 0 Å². The van der Waals surface area contributed by atoms with Crippen LogP contribution in [0.4, 0.5) is 0 Å². The van der Waals surface area contributed by atoms with Gasteiger partial charge in [-0.2, -0.15) is 0 Å². The second-order valence-corrected chi connectivity index (χ2v) is 7.36. The van der Waals surface area contributed by atoms with Crippen LogP contribution in [0.3, 0.4) is 0 Å². The summed E-state index contributed by atoms with van der Waals surface area (Å²) < 4.78 is 0. The van der Waals surface area contributed by atoms with Gasteiger partial charge in [0.05, 0.1) is 5.52 Å². The van der Waals surface area contributed by atoms with Crippen LogP contribution >= 0.6 is 15.9 Å². The van der Waals surface area contributed by atoms with Gasteiger partial charge in [0.1, 0.15) is 0 Å². The average molecular weight is 306 g/mol. The zero-order chi connectivity index (χ0) is 13.2. The first-order valence-electron chi connectivity index (χ1n) is 6.43. The minimum atomic E-state index is 0.352. The minimum absolute atomic E-state index is 0.352. The summed E-state index contributed by atoms with van der Waals surface area (Å²) in [5.74, 6) is 0. The lowest BCUT2D eigenvalue weighted by molar-refractivity contribution is 0.373. The summed E-state index contributed by atoms with van der Waals surface area (Å²) in [6.07, 6.45) is 2.14. The maximum atomic E-state index is 4.72. The lowest BCUT2D eigenvalue weighted by Gasteiger charge is -2.21. The number of para-hydroxylation sites is 1. The smallest absolute Gasteiger partial charge is 0.0705 e. The molecule has 1 nitrogen and oxygen atoms in total. The summed E-state index contributed by atoms with van der Waals surface area (Å²) >= 11 is 3.77. The number of benzene rings is 1. The van der Waals surface area contributed by atoms with Crippen molar-refractivity contribution in [3.05, 3.63) is 42.1 Å². The summed E-state index contributed by atoms with van der Waals surface area (Å²) in [5.41, 5.74) is 2.61. The van der Waals surface area contributed by atoms with Crippen molar-refractivity contribution < 1.29 is 0 Å². The summed E-state index contributed by atoms with van der Waals surface area (Å²) in [6.45, 7) is 6.82. The van der Waals surface area contributed by atoms with Crippen LogP contribution in [0, 0.1) is 5.41 Å². The molecule has 0 bridgehead atoms. The van der Waals surface area contributed by atoms with Gasteiger partial charge in [-0.3, -0.25) is 4.98 Å². The van der Waals surface area contributed by atoms with Crippen LogP contribution in [0.15, 0.2) is 36.4 Å². The Morgan fingerprint density at radius 2 is 1.83 bits per heavy atom. The van der Waals surface area contributed by atoms with Crippen molar-refractivity contribution >= 4 is 26.8 Å². The Labute approximate surface area is 118 Å². The topological polar surface area (TPSA) is 12.9 Å². The van der Waals surface area contributed by atoms with Crippen molar-refractivity contribution in [1.82, 2.24) is 4.98 Å². The van der Waals surface area contributed by atoms with Gasteiger partial charge in [0.2, 0.25) is 0 Å². The molecule has 18 heavy (non-hydrogen) atoms. The Balaban J connectivity index is 2.12. The number of rotatable bonds is 3. The predicted octanol–water partition coefficient (Wildman–Crippen LogP) is 4.98. The third-order valence-electron chi connectivity index (χ3n) is 2.92. The molecular weight excluding hydrogens is 286 g/mol. The second kappa shape index (κ2) is 5.40. The molecule has 0 radical (unpaired) electrons. The molecule has 0 saturated heterocycles. The highest BCUT2D eigenvalue weighted by Gasteiger charge is 2.17. The van der Waals surface area contributed by atoms with Gasteiger partial charge in [0.15, 0.2) is 0 Å². The Morgan fingerprint density at radius 1 is 1.11 bits per heavy atom. The number of aromatic nitrogens is 1. The van der Waals surface area contributed by atoms with Crippen molar-refractivity contribution in [3.63, 3.8) is 0 Å². The first-order chi connectivity index (χ1) is 8.44. The molecule has 0 fully saturated rings. The number of alkyl halides is 1. The molecule has 1 atom stereocenters. The van der Waals surface area contributed by atoms with E-state index in [2.05, 4.69) is 67.0 Å². The number of halogens is 1. The zero-order valence-corrected chi connectivity index (χ0v) is 12.9. The van der Waals surface area contributed by atoms with E-state index in [9.17, 15) is 0 Å². The van der Waals surface area contributed by atoms with E-state index in [1.165, 1.54) is 11.1 Å². The van der Waals surface area contributed by atoms with Crippen LogP contribution in [0.25, 0.3) is 10.9 Å². The predicted molar refractivity (Wildman–Crippen MR) is 82.2 cm³/mol. The third-order valence-corrected chi connectivity index (χ3v) is 3.57. The Morgan fingerprint density at radius 3 is 2.56 bits per heavy atom. The highest BCUT2D eigenvalue weighted by atomic mass is 79.9. The molecular formula is C16H20BrN. The van der Waals surface area contributed by atoms with Crippen molar-refractivity contribution in [1.29, 1.82) is 0 Å². The monoisotopic (exact) mass is 305 g/mol. The van der Waals surface area contributed by atoms with E-state index < -0.39 is 0 Å². The fourth-order valence-electron chi connectivity index (χ4n) is 2.19. The summed E-state index contributed by atoms with van der Waals surface area (Å²) in [5, 5.41) is 1.21. The first kappa shape index (κ1) is 13.5. The Kier molecular flexibility index (Phi) is 4.06. The molecule has 1 unspecified atom stereocenters. The minimum Gasteiger partial charge on any atom is -0.253 e. The van der Waals surface area contributed by atoms with Crippen LogP contribution in [0.2, 0.25) is 0 Å². The van der Waals surface area contributed by atoms with E-state index >= 15 is 0 Å². The molecule has 0 aliphatic carbocycles. The molecule has 1 aromatic carbocycles. The molecule has 2 aromatic rings. The standard InChI is InChI=1S/C16H20BrN/c1-16(2,3)11-13(17)10-14-9-8-12-6-4-5-7-15(12)18-14/h4-9,13H,10-11H2,1-3H3. The van der Waals surface area contributed by atoms with E-state index in [0.717, 1.165) is 18.4 Å². The van der Waals surface area contributed by atoms with Crippen LogP contribution in [-0.4, -0.2) is 9.81 Å². The van der Waals surface area contributed by atoms with E-state index in [0.29, 0.717) is 10.2 Å². The molecule has 0 saturated carbocycles. The van der Waals surface area contributed by atoms with Gasteiger partial charge >= 0.3 is 0 Å². The number of fused-ring (bicyclic) bond motifs is 1. The van der Waals surface area contributed by atoms with Gasteiger partial charge in [-0.25, -0.2) is 0 Å². The molecule has 2 rings (SSSR count). The SMILES string of the molecule is CC(C)(C)CC(Br)Cc1ccc2ccccc2n1. The lowest BCUT2D eigenvalue weighted by Crippen LogP contribution is -2.15.